The summed E-state index contributed by atoms with van der Waals surface area (Å²) in [5, 5.41) is 10.1. The van der Waals surface area contributed by atoms with E-state index in [2.05, 4.69) is 18.4 Å². The highest BCUT2D eigenvalue weighted by Crippen LogP contribution is 2.27. The predicted octanol–water partition coefficient (Wildman–Crippen LogP) is 2.56. The Morgan fingerprint density at radius 1 is 1.42 bits per heavy atom. The first-order valence-corrected chi connectivity index (χ1v) is 6.65. The van der Waals surface area contributed by atoms with E-state index in [1.165, 1.54) is 11.3 Å². The van der Waals surface area contributed by atoms with Gasteiger partial charge in [0, 0.05) is 23.1 Å². The third-order valence-corrected chi connectivity index (χ3v) is 3.54. The van der Waals surface area contributed by atoms with Gasteiger partial charge in [-0.05, 0) is 50.1 Å². The molecule has 0 saturated carbocycles. The van der Waals surface area contributed by atoms with Crippen LogP contribution in [0.25, 0.3) is 10.9 Å². The van der Waals surface area contributed by atoms with Crippen LogP contribution in [-0.2, 0) is 13.0 Å². The van der Waals surface area contributed by atoms with Gasteiger partial charge in [-0.3, -0.25) is 0 Å². The Labute approximate surface area is 112 Å². The van der Waals surface area contributed by atoms with Crippen LogP contribution in [0.1, 0.15) is 35.0 Å². The predicted molar refractivity (Wildman–Crippen MR) is 76.7 cm³/mol. The highest BCUT2D eigenvalue weighted by Gasteiger charge is 2.15. The lowest BCUT2D eigenvalue weighted by Crippen LogP contribution is -2.05. The maximum absolute atomic E-state index is 11.1. The van der Waals surface area contributed by atoms with Gasteiger partial charge in [-0.15, -0.1) is 0 Å². The second-order valence-electron chi connectivity index (χ2n) is 4.79. The molecule has 102 valence electrons. The molecule has 4 nitrogen and oxygen atoms in total. The number of hydrogen-bond acceptors (Lipinski definition) is 2. The summed E-state index contributed by atoms with van der Waals surface area (Å²) in [6.07, 6.45) is 1.83. The molecule has 2 aromatic rings. The molecule has 0 aliphatic heterocycles. The fourth-order valence-corrected chi connectivity index (χ4v) is 2.66. The summed E-state index contributed by atoms with van der Waals surface area (Å²) in [6, 6.07) is 5.34. The average Bonchev–Trinajstić information content (AvgIpc) is 2.64. The van der Waals surface area contributed by atoms with Gasteiger partial charge in [0.1, 0.15) is 0 Å². The van der Waals surface area contributed by atoms with Crippen molar-refractivity contribution in [3.8, 4) is 0 Å². The molecular formula is C15H20N2O2. The second-order valence-corrected chi connectivity index (χ2v) is 4.79. The minimum atomic E-state index is -0.888. The van der Waals surface area contributed by atoms with Crippen LogP contribution in [0.15, 0.2) is 18.2 Å². The van der Waals surface area contributed by atoms with Crippen molar-refractivity contribution in [3.05, 3.63) is 35.0 Å². The summed E-state index contributed by atoms with van der Waals surface area (Å²) < 4.78 is 2.26. The van der Waals surface area contributed by atoms with Crippen molar-refractivity contribution in [2.45, 2.75) is 33.2 Å². The van der Waals surface area contributed by atoms with Crippen LogP contribution in [-0.4, -0.2) is 22.2 Å². The summed E-state index contributed by atoms with van der Waals surface area (Å²) in [4.78, 5) is 11.1. The molecule has 0 spiro atoms. The number of fused-ring (bicyclic) bond motifs is 1. The van der Waals surface area contributed by atoms with Gasteiger partial charge < -0.3 is 15.4 Å². The van der Waals surface area contributed by atoms with E-state index in [-0.39, 0.29) is 0 Å². The van der Waals surface area contributed by atoms with E-state index in [4.69, 9.17) is 10.8 Å². The zero-order chi connectivity index (χ0) is 14.0. The third kappa shape index (κ3) is 2.36. The molecule has 0 unspecified atom stereocenters. The first-order valence-electron chi connectivity index (χ1n) is 6.65. The largest absolute Gasteiger partial charge is 0.478 e. The second kappa shape index (κ2) is 5.45. The molecule has 3 N–H and O–H groups in total. The summed E-state index contributed by atoms with van der Waals surface area (Å²) >= 11 is 0. The van der Waals surface area contributed by atoms with E-state index < -0.39 is 5.97 Å². The fourth-order valence-electron chi connectivity index (χ4n) is 2.66. The van der Waals surface area contributed by atoms with Gasteiger partial charge in [0.2, 0.25) is 0 Å². The Bertz CT molecular complexity index is 614. The Kier molecular flexibility index (Phi) is 3.90. The average molecular weight is 260 g/mol. The highest BCUT2D eigenvalue weighted by atomic mass is 16.4. The van der Waals surface area contributed by atoms with Crippen LogP contribution in [0, 0.1) is 6.92 Å². The van der Waals surface area contributed by atoms with Crippen LogP contribution in [0.3, 0.4) is 0 Å². The molecule has 4 heteroatoms. The van der Waals surface area contributed by atoms with E-state index in [1.807, 2.05) is 6.07 Å². The van der Waals surface area contributed by atoms with Gasteiger partial charge in [0.05, 0.1) is 5.56 Å². The summed E-state index contributed by atoms with van der Waals surface area (Å²) in [5.74, 6) is -0.888. The van der Waals surface area contributed by atoms with Crippen LogP contribution in [0.4, 0.5) is 0 Å². The van der Waals surface area contributed by atoms with Crippen LogP contribution >= 0.6 is 0 Å². The van der Waals surface area contributed by atoms with Gasteiger partial charge in [-0.2, -0.15) is 0 Å². The molecule has 0 amide bonds. The lowest BCUT2D eigenvalue weighted by molar-refractivity contribution is 0.0697. The van der Waals surface area contributed by atoms with Crippen LogP contribution in [0.2, 0.25) is 0 Å². The standard InChI is InChI=1S/C15H20N2O2/c1-3-8-17-10(2)12(6-7-16)13-9-11(15(18)19)4-5-14(13)17/h4-5,9H,3,6-8,16H2,1-2H3,(H,18,19). The molecule has 0 aliphatic carbocycles. The number of nitrogens with zero attached hydrogens (tertiary/aromatic N) is 1. The molecule has 2 rings (SSSR count). The first-order chi connectivity index (χ1) is 9.10. The van der Waals surface area contributed by atoms with E-state index in [0.29, 0.717) is 12.1 Å². The summed E-state index contributed by atoms with van der Waals surface area (Å²) in [7, 11) is 0. The molecular weight excluding hydrogens is 240 g/mol. The topological polar surface area (TPSA) is 68.2 Å². The van der Waals surface area contributed by atoms with Crippen LogP contribution in [0.5, 0.6) is 0 Å². The van der Waals surface area contributed by atoms with E-state index in [9.17, 15) is 4.79 Å². The third-order valence-electron chi connectivity index (χ3n) is 3.54. The number of aryl methyl sites for hydroxylation is 1. The smallest absolute Gasteiger partial charge is 0.335 e. The Morgan fingerprint density at radius 2 is 2.16 bits per heavy atom. The maximum Gasteiger partial charge on any atom is 0.335 e. The van der Waals surface area contributed by atoms with Gasteiger partial charge in [0.25, 0.3) is 0 Å². The van der Waals surface area contributed by atoms with Crippen molar-refractivity contribution < 1.29 is 9.90 Å². The molecule has 19 heavy (non-hydrogen) atoms. The number of aromatic nitrogens is 1. The molecule has 0 radical (unpaired) electrons. The van der Waals surface area contributed by atoms with E-state index in [0.717, 1.165) is 30.3 Å². The normalized spacial score (nSPS) is 11.1. The number of aromatic carboxylic acids is 1. The maximum atomic E-state index is 11.1. The number of carboxylic acids is 1. The molecule has 1 aromatic heterocycles. The lowest BCUT2D eigenvalue weighted by atomic mass is 10.1. The molecule has 0 bridgehead atoms. The molecule has 0 saturated heterocycles. The monoisotopic (exact) mass is 260 g/mol. The van der Waals surface area contributed by atoms with Crippen molar-refractivity contribution in [1.82, 2.24) is 4.57 Å². The van der Waals surface area contributed by atoms with E-state index in [1.54, 1.807) is 12.1 Å². The van der Waals surface area contributed by atoms with Gasteiger partial charge in [0.15, 0.2) is 0 Å². The molecule has 1 aromatic carbocycles. The number of benzene rings is 1. The minimum Gasteiger partial charge on any atom is -0.478 e. The molecule has 0 atom stereocenters. The first kappa shape index (κ1) is 13.6. The van der Waals surface area contributed by atoms with Crippen molar-refractivity contribution in [1.29, 1.82) is 0 Å². The van der Waals surface area contributed by atoms with Gasteiger partial charge in [-0.25, -0.2) is 4.79 Å². The number of carbonyl (C=O) groups is 1. The lowest BCUT2D eigenvalue weighted by Gasteiger charge is -2.06. The minimum absolute atomic E-state index is 0.333. The Hall–Kier alpha value is -1.81. The zero-order valence-electron chi connectivity index (χ0n) is 11.4. The fraction of sp³-hybridized carbons (Fsp3) is 0.400. The van der Waals surface area contributed by atoms with Crippen molar-refractivity contribution >= 4 is 16.9 Å². The molecule has 1 heterocycles. The Morgan fingerprint density at radius 3 is 2.74 bits per heavy atom. The number of carboxylic acid groups (broad SMARTS) is 1. The number of nitrogens with two attached hydrogens (primary N) is 1. The van der Waals surface area contributed by atoms with E-state index >= 15 is 0 Å². The van der Waals surface area contributed by atoms with Crippen molar-refractivity contribution in [3.63, 3.8) is 0 Å². The molecule has 0 fully saturated rings. The molecule has 0 aliphatic rings. The Balaban J connectivity index is 2.70. The summed E-state index contributed by atoms with van der Waals surface area (Å²) in [5.41, 5.74) is 9.49. The number of hydrogen-bond donors (Lipinski definition) is 2. The van der Waals surface area contributed by atoms with Crippen molar-refractivity contribution in [2.75, 3.05) is 6.54 Å². The van der Waals surface area contributed by atoms with Gasteiger partial charge in [-0.1, -0.05) is 6.92 Å². The summed E-state index contributed by atoms with van der Waals surface area (Å²) in [6.45, 7) is 5.74. The number of rotatable bonds is 5. The van der Waals surface area contributed by atoms with Gasteiger partial charge >= 0.3 is 5.97 Å². The zero-order valence-corrected chi connectivity index (χ0v) is 11.4. The highest BCUT2D eigenvalue weighted by molar-refractivity contribution is 5.95. The quantitative estimate of drug-likeness (QED) is 0.868. The van der Waals surface area contributed by atoms with Crippen LogP contribution < -0.4 is 5.73 Å². The SMILES string of the molecule is CCCn1c(C)c(CCN)c2cc(C(=O)O)ccc21. The van der Waals surface area contributed by atoms with Crippen molar-refractivity contribution in [2.24, 2.45) is 5.73 Å².